The molecule has 0 spiro atoms. The third-order valence-electron chi connectivity index (χ3n) is 3.10. The number of β-amino-alcohol motifs (C(OH)–C–C–N with tert-alkyl or cyclic N) is 1. The third-order valence-corrected chi connectivity index (χ3v) is 4.24. The minimum Gasteiger partial charge on any atom is -0.395 e. The molecule has 0 saturated heterocycles. The van der Waals surface area contributed by atoms with Gasteiger partial charge in [-0.1, -0.05) is 30.0 Å². The molecule has 1 heterocycles. The topological polar surface area (TPSA) is 23.5 Å². The van der Waals surface area contributed by atoms with Crippen LogP contribution >= 0.6 is 11.8 Å². The predicted molar refractivity (Wildman–Crippen MR) is 75.8 cm³/mol. The Balaban J connectivity index is 2.15. The lowest BCUT2D eigenvalue weighted by Gasteiger charge is -2.32. The molecule has 0 amide bonds. The van der Waals surface area contributed by atoms with E-state index in [4.69, 9.17) is 0 Å². The zero-order valence-electron chi connectivity index (χ0n) is 10.3. The Labute approximate surface area is 111 Å². The molecule has 0 saturated carbocycles. The number of anilines is 2. The lowest BCUT2D eigenvalue weighted by Crippen LogP contribution is -2.24. The summed E-state index contributed by atoms with van der Waals surface area (Å²) in [5, 5.41) is 9.29. The van der Waals surface area contributed by atoms with Crippen LogP contribution in [-0.4, -0.2) is 18.3 Å². The highest BCUT2D eigenvalue weighted by Crippen LogP contribution is 2.47. The number of rotatable bonds is 2. The van der Waals surface area contributed by atoms with Crippen molar-refractivity contribution in [3.05, 3.63) is 48.0 Å². The number of aryl methyl sites for hydroxylation is 1. The minimum atomic E-state index is 0.159. The van der Waals surface area contributed by atoms with Crippen LogP contribution in [0.1, 0.15) is 5.56 Å². The molecule has 0 atom stereocenters. The first-order chi connectivity index (χ1) is 8.79. The van der Waals surface area contributed by atoms with E-state index in [1.165, 1.54) is 26.7 Å². The number of hydrogen-bond acceptors (Lipinski definition) is 3. The molecule has 0 aliphatic carbocycles. The maximum Gasteiger partial charge on any atom is 0.0610 e. The summed E-state index contributed by atoms with van der Waals surface area (Å²) in [7, 11) is 0. The summed E-state index contributed by atoms with van der Waals surface area (Å²) in [6, 6.07) is 14.8. The third kappa shape index (κ3) is 1.89. The van der Waals surface area contributed by atoms with E-state index in [2.05, 4.69) is 48.2 Å². The predicted octanol–water partition coefficient (Wildman–Crippen LogP) is 3.59. The smallest absolute Gasteiger partial charge is 0.0610 e. The van der Waals surface area contributed by atoms with Crippen LogP contribution in [0.5, 0.6) is 0 Å². The molecule has 3 heteroatoms. The molecule has 92 valence electrons. The van der Waals surface area contributed by atoms with Crippen molar-refractivity contribution in [3.63, 3.8) is 0 Å². The van der Waals surface area contributed by atoms with Crippen molar-refractivity contribution in [1.82, 2.24) is 0 Å². The highest BCUT2D eigenvalue weighted by Gasteiger charge is 2.22. The lowest BCUT2D eigenvalue weighted by atomic mass is 10.1. The normalized spacial score (nSPS) is 13.1. The highest BCUT2D eigenvalue weighted by molar-refractivity contribution is 7.99. The molecule has 3 rings (SSSR count). The van der Waals surface area contributed by atoms with Crippen LogP contribution in [-0.2, 0) is 0 Å². The van der Waals surface area contributed by atoms with Crippen molar-refractivity contribution in [2.75, 3.05) is 18.1 Å². The van der Waals surface area contributed by atoms with E-state index in [1.807, 2.05) is 6.07 Å². The van der Waals surface area contributed by atoms with Gasteiger partial charge in [0.05, 0.1) is 18.0 Å². The van der Waals surface area contributed by atoms with Crippen molar-refractivity contribution in [3.8, 4) is 0 Å². The molecule has 0 unspecified atom stereocenters. The quantitative estimate of drug-likeness (QED) is 0.889. The SMILES string of the molecule is Cc1ccc2c(c1)N(CCO)c1ccccc1S2. The van der Waals surface area contributed by atoms with Crippen molar-refractivity contribution in [2.24, 2.45) is 0 Å². The molecule has 0 bridgehead atoms. The molecular formula is C15H15NOS. The van der Waals surface area contributed by atoms with Gasteiger partial charge in [0.1, 0.15) is 0 Å². The van der Waals surface area contributed by atoms with E-state index < -0.39 is 0 Å². The first kappa shape index (κ1) is 11.6. The van der Waals surface area contributed by atoms with E-state index >= 15 is 0 Å². The van der Waals surface area contributed by atoms with Crippen LogP contribution in [0.4, 0.5) is 11.4 Å². The van der Waals surface area contributed by atoms with Crippen molar-refractivity contribution in [2.45, 2.75) is 16.7 Å². The van der Waals surface area contributed by atoms with Gasteiger partial charge in [-0.2, -0.15) is 0 Å². The van der Waals surface area contributed by atoms with Gasteiger partial charge in [-0.3, -0.25) is 0 Å². The second-order valence-electron chi connectivity index (χ2n) is 4.42. The van der Waals surface area contributed by atoms with Gasteiger partial charge in [-0.05, 0) is 36.8 Å². The van der Waals surface area contributed by atoms with Crippen LogP contribution in [0, 0.1) is 6.92 Å². The van der Waals surface area contributed by atoms with Crippen molar-refractivity contribution >= 4 is 23.1 Å². The largest absolute Gasteiger partial charge is 0.395 e. The second-order valence-corrected chi connectivity index (χ2v) is 5.50. The lowest BCUT2D eigenvalue weighted by molar-refractivity contribution is 0.305. The van der Waals surface area contributed by atoms with Gasteiger partial charge in [-0.25, -0.2) is 0 Å². The van der Waals surface area contributed by atoms with Gasteiger partial charge in [0.15, 0.2) is 0 Å². The first-order valence-corrected chi connectivity index (χ1v) is 6.87. The molecule has 0 radical (unpaired) electrons. The summed E-state index contributed by atoms with van der Waals surface area (Å²) >= 11 is 1.80. The molecule has 2 nitrogen and oxygen atoms in total. The molecule has 0 fully saturated rings. The molecule has 2 aromatic rings. The van der Waals surface area contributed by atoms with E-state index in [-0.39, 0.29) is 6.61 Å². The van der Waals surface area contributed by atoms with E-state index in [0.29, 0.717) is 6.54 Å². The molecular weight excluding hydrogens is 242 g/mol. The Bertz CT molecular complexity index is 582. The van der Waals surface area contributed by atoms with Gasteiger partial charge in [0.2, 0.25) is 0 Å². The number of aliphatic hydroxyl groups excluding tert-OH is 1. The number of aliphatic hydroxyl groups is 1. The average Bonchev–Trinajstić information content (AvgIpc) is 2.39. The standard InChI is InChI=1S/C15H15NOS/c1-11-6-7-15-13(10-11)16(8-9-17)12-4-2-3-5-14(12)18-15/h2-7,10,17H,8-9H2,1H3. The van der Waals surface area contributed by atoms with Gasteiger partial charge in [0.25, 0.3) is 0 Å². The Morgan fingerprint density at radius 3 is 2.67 bits per heavy atom. The molecule has 1 N–H and O–H groups in total. The Morgan fingerprint density at radius 2 is 1.83 bits per heavy atom. The summed E-state index contributed by atoms with van der Waals surface area (Å²) in [5.74, 6) is 0. The van der Waals surface area contributed by atoms with E-state index in [1.54, 1.807) is 11.8 Å². The summed E-state index contributed by atoms with van der Waals surface area (Å²) in [4.78, 5) is 4.71. The number of para-hydroxylation sites is 1. The van der Waals surface area contributed by atoms with Crippen molar-refractivity contribution in [1.29, 1.82) is 0 Å². The fourth-order valence-electron chi connectivity index (χ4n) is 2.28. The number of hydrogen-bond donors (Lipinski definition) is 1. The van der Waals surface area contributed by atoms with Gasteiger partial charge in [-0.15, -0.1) is 0 Å². The van der Waals surface area contributed by atoms with Gasteiger partial charge in [0, 0.05) is 16.3 Å². The van der Waals surface area contributed by atoms with Crippen LogP contribution in [0.25, 0.3) is 0 Å². The molecule has 1 aliphatic rings. The maximum absolute atomic E-state index is 9.29. The Hall–Kier alpha value is -1.45. The number of nitrogens with zero attached hydrogens (tertiary/aromatic N) is 1. The first-order valence-electron chi connectivity index (χ1n) is 6.05. The van der Waals surface area contributed by atoms with Crippen LogP contribution in [0.2, 0.25) is 0 Å². The van der Waals surface area contributed by atoms with Crippen molar-refractivity contribution < 1.29 is 5.11 Å². The molecule has 0 aromatic heterocycles. The summed E-state index contributed by atoms with van der Waals surface area (Å²) in [6.45, 7) is 2.89. The Morgan fingerprint density at radius 1 is 1.06 bits per heavy atom. The van der Waals surface area contributed by atoms with Crippen LogP contribution in [0.15, 0.2) is 52.3 Å². The fraction of sp³-hybridized carbons (Fsp3) is 0.200. The molecule has 2 aromatic carbocycles. The fourth-order valence-corrected chi connectivity index (χ4v) is 3.36. The minimum absolute atomic E-state index is 0.159. The summed E-state index contributed by atoms with van der Waals surface area (Å²) in [5.41, 5.74) is 3.64. The second kappa shape index (κ2) is 4.67. The zero-order chi connectivity index (χ0) is 12.5. The number of fused-ring (bicyclic) bond motifs is 2. The summed E-state index contributed by atoms with van der Waals surface area (Å²) in [6.07, 6.45) is 0. The number of benzene rings is 2. The van der Waals surface area contributed by atoms with E-state index in [9.17, 15) is 5.11 Å². The van der Waals surface area contributed by atoms with E-state index in [0.717, 1.165) is 0 Å². The van der Waals surface area contributed by atoms with Crippen LogP contribution < -0.4 is 4.90 Å². The average molecular weight is 257 g/mol. The Kier molecular flexibility index (Phi) is 3.02. The van der Waals surface area contributed by atoms with Gasteiger partial charge < -0.3 is 10.0 Å². The summed E-state index contributed by atoms with van der Waals surface area (Å²) < 4.78 is 0. The molecule has 1 aliphatic heterocycles. The maximum atomic E-state index is 9.29. The monoisotopic (exact) mass is 257 g/mol. The highest BCUT2D eigenvalue weighted by atomic mass is 32.2. The van der Waals surface area contributed by atoms with Gasteiger partial charge >= 0.3 is 0 Å². The van der Waals surface area contributed by atoms with Crippen LogP contribution in [0.3, 0.4) is 0 Å². The zero-order valence-corrected chi connectivity index (χ0v) is 11.1. The molecule has 18 heavy (non-hydrogen) atoms.